The van der Waals surface area contributed by atoms with Crippen molar-refractivity contribution >= 4 is 5.69 Å². The highest BCUT2D eigenvalue weighted by atomic mass is 19.4. The number of benzene rings is 2. The van der Waals surface area contributed by atoms with Crippen LogP contribution in [0.4, 0.5) is 18.9 Å². The average molecular weight is 499 g/mol. The average Bonchev–Trinajstić information content (AvgIpc) is 3.27. The molecule has 3 aromatic rings. The van der Waals surface area contributed by atoms with Crippen molar-refractivity contribution < 1.29 is 22.6 Å². The quantitative estimate of drug-likeness (QED) is 0.347. The Bertz CT molecular complexity index is 1180. The highest BCUT2D eigenvalue weighted by molar-refractivity contribution is 5.45. The smallest absolute Gasteiger partial charge is 0.406 e. The molecule has 0 N–H and O–H groups in total. The number of halogens is 3. The lowest BCUT2D eigenvalue weighted by atomic mass is 9.74. The second kappa shape index (κ2) is 11.1. The molecule has 36 heavy (non-hydrogen) atoms. The van der Waals surface area contributed by atoms with E-state index < -0.39 is 6.36 Å². The molecule has 0 amide bonds. The lowest BCUT2D eigenvalue weighted by Gasteiger charge is -2.41. The number of aromatic nitrogens is 2. The predicted molar refractivity (Wildman–Crippen MR) is 130 cm³/mol. The van der Waals surface area contributed by atoms with Gasteiger partial charge in [-0.05, 0) is 55.6 Å². The van der Waals surface area contributed by atoms with Crippen molar-refractivity contribution in [2.75, 3.05) is 26.8 Å². The number of imidazole rings is 1. The van der Waals surface area contributed by atoms with Crippen molar-refractivity contribution in [3.8, 4) is 5.75 Å². The van der Waals surface area contributed by atoms with Gasteiger partial charge in [-0.2, -0.15) is 0 Å². The Hall–Kier alpha value is -3.35. The maximum Gasteiger partial charge on any atom is 0.573 e. The van der Waals surface area contributed by atoms with Gasteiger partial charge in [0.25, 0.3) is 0 Å². The molecule has 1 aliphatic heterocycles. The van der Waals surface area contributed by atoms with Gasteiger partial charge >= 0.3 is 6.36 Å². The minimum absolute atomic E-state index is 0.146. The number of ether oxygens (including phenoxy) is 2. The summed E-state index contributed by atoms with van der Waals surface area (Å²) in [5, 5.41) is 0. The first-order chi connectivity index (χ1) is 17.3. The molecule has 0 atom stereocenters. The van der Waals surface area contributed by atoms with Crippen LogP contribution in [-0.2, 0) is 24.2 Å². The van der Waals surface area contributed by atoms with Gasteiger partial charge in [-0.1, -0.05) is 36.4 Å². The van der Waals surface area contributed by atoms with E-state index in [2.05, 4.69) is 24.0 Å². The second-order valence-electron chi connectivity index (χ2n) is 9.37. The van der Waals surface area contributed by atoms with Crippen molar-refractivity contribution in [1.82, 2.24) is 14.5 Å². The Labute approximate surface area is 209 Å². The molecule has 1 aromatic heterocycles. The number of methoxy groups -OCH3 is 1. The number of nitrogens with zero attached hydrogens (tertiary/aromatic N) is 4. The fourth-order valence-electron chi connectivity index (χ4n) is 4.87. The molecular formula is C27H29F3N4O2. The summed E-state index contributed by atoms with van der Waals surface area (Å²) < 4.78 is 49.7. The van der Waals surface area contributed by atoms with Gasteiger partial charge in [0.2, 0.25) is 0 Å². The van der Waals surface area contributed by atoms with E-state index in [1.165, 1.54) is 12.1 Å². The lowest BCUT2D eigenvalue weighted by molar-refractivity contribution is -0.274. The van der Waals surface area contributed by atoms with Gasteiger partial charge in [-0.3, -0.25) is 4.90 Å². The monoisotopic (exact) mass is 498 g/mol. The normalized spacial score (nSPS) is 16.0. The Morgan fingerprint density at radius 3 is 2.47 bits per heavy atom. The molecule has 0 bridgehead atoms. The number of hydrogen-bond acceptors (Lipinski definition) is 4. The number of hydrogen-bond donors (Lipinski definition) is 0. The Kier molecular flexibility index (Phi) is 7.97. The predicted octanol–water partition coefficient (Wildman–Crippen LogP) is 5.85. The summed E-state index contributed by atoms with van der Waals surface area (Å²) in [6, 6.07) is 13.8. The van der Waals surface area contributed by atoms with Crippen LogP contribution in [-0.4, -0.2) is 47.6 Å². The standard InChI is InChI=1S/C27H29F3N4O2/c1-31-23-8-6-21(7-9-23)17-34-20-32-16-24(34)18-33-12-10-26(11-13-33,19-35-2)15-22-4-3-5-25(14-22)36-27(28,29)30/h3-9,14,16,20H,10-13,15,17-19H2,2H3. The van der Waals surface area contributed by atoms with E-state index >= 15 is 0 Å². The van der Waals surface area contributed by atoms with Gasteiger partial charge in [0.1, 0.15) is 5.75 Å². The van der Waals surface area contributed by atoms with Gasteiger partial charge in [0.05, 0.1) is 25.2 Å². The first kappa shape index (κ1) is 25.7. The SMILES string of the molecule is [C-]#[N+]c1ccc(Cn2cncc2CN2CCC(COC)(Cc3cccc(OC(F)(F)F)c3)CC2)cc1. The van der Waals surface area contributed by atoms with Crippen LogP contribution in [0.1, 0.15) is 29.7 Å². The zero-order valence-corrected chi connectivity index (χ0v) is 20.2. The molecule has 0 aliphatic carbocycles. The largest absolute Gasteiger partial charge is 0.573 e. The summed E-state index contributed by atoms with van der Waals surface area (Å²) in [4.78, 5) is 10.2. The van der Waals surface area contributed by atoms with Gasteiger partial charge in [-0.15, -0.1) is 13.2 Å². The van der Waals surface area contributed by atoms with E-state index in [9.17, 15) is 13.2 Å². The molecule has 2 heterocycles. The van der Waals surface area contributed by atoms with Gasteiger partial charge in [-0.25, -0.2) is 9.83 Å². The molecule has 0 saturated carbocycles. The summed E-state index contributed by atoms with van der Waals surface area (Å²) in [5.41, 5.74) is 3.51. The first-order valence-electron chi connectivity index (χ1n) is 11.8. The maximum atomic E-state index is 12.6. The molecule has 1 saturated heterocycles. The highest BCUT2D eigenvalue weighted by Crippen LogP contribution is 2.37. The number of piperidine rings is 1. The summed E-state index contributed by atoms with van der Waals surface area (Å²) in [6.45, 7) is 10.8. The van der Waals surface area contributed by atoms with Crippen molar-refractivity contribution in [2.45, 2.75) is 38.7 Å². The van der Waals surface area contributed by atoms with Crippen LogP contribution in [0, 0.1) is 12.0 Å². The molecule has 0 spiro atoms. The van der Waals surface area contributed by atoms with Crippen molar-refractivity contribution in [1.29, 1.82) is 0 Å². The third-order valence-corrected chi connectivity index (χ3v) is 6.68. The molecule has 2 aromatic carbocycles. The zero-order chi connectivity index (χ0) is 25.6. The van der Waals surface area contributed by atoms with Crippen LogP contribution in [0.2, 0.25) is 0 Å². The summed E-state index contributed by atoms with van der Waals surface area (Å²) in [6.07, 6.45) is 1.38. The third kappa shape index (κ3) is 6.86. The number of alkyl halides is 3. The zero-order valence-electron chi connectivity index (χ0n) is 20.2. The van der Waals surface area contributed by atoms with E-state index in [1.54, 1.807) is 13.2 Å². The van der Waals surface area contributed by atoms with Crippen LogP contribution in [0.5, 0.6) is 5.75 Å². The molecule has 190 valence electrons. The highest BCUT2D eigenvalue weighted by Gasteiger charge is 2.36. The fourth-order valence-corrected chi connectivity index (χ4v) is 4.87. The van der Waals surface area contributed by atoms with Gasteiger partial charge < -0.3 is 14.0 Å². The minimum Gasteiger partial charge on any atom is -0.406 e. The number of rotatable bonds is 9. The molecule has 0 radical (unpaired) electrons. The van der Waals surface area contributed by atoms with Crippen LogP contribution >= 0.6 is 0 Å². The number of likely N-dealkylation sites (tertiary alicyclic amines) is 1. The van der Waals surface area contributed by atoms with Crippen LogP contribution in [0.3, 0.4) is 0 Å². The molecule has 6 nitrogen and oxygen atoms in total. The fraction of sp³-hybridized carbons (Fsp3) is 0.407. The molecule has 1 fully saturated rings. The first-order valence-corrected chi connectivity index (χ1v) is 11.8. The van der Waals surface area contributed by atoms with Crippen LogP contribution in [0.15, 0.2) is 61.1 Å². The summed E-state index contributed by atoms with van der Waals surface area (Å²) in [7, 11) is 1.67. The Morgan fingerprint density at radius 1 is 1.06 bits per heavy atom. The van der Waals surface area contributed by atoms with Crippen LogP contribution < -0.4 is 4.74 Å². The van der Waals surface area contributed by atoms with Crippen molar-refractivity contribution in [2.24, 2.45) is 5.41 Å². The molecule has 0 unspecified atom stereocenters. The molecular weight excluding hydrogens is 469 g/mol. The minimum atomic E-state index is -4.71. The van der Waals surface area contributed by atoms with E-state index in [0.717, 1.165) is 49.3 Å². The van der Waals surface area contributed by atoms with E-state index in [1.807, 2.05) is 42.9 Å². The van der Waals surface area contributed by atoms with Crippen LogP contribution in [0.25, 0.3) is 4.85 Å². The molecule has 9 heteroatoms. The van der Waals surface area contributed by atoms with Crippen molar-refractivity contribution in [3.05, 3.63) is 89.3 Å². The topological polar surface area (TPSA) is 43.9 Å². The Balaban J connectivity index is 1.38. The summed E-state index contributed by atoms with van der Waals surface area (Å²) >= 11 is 0. The van der Waals surface area contributed by atoms with E-state index in [4.69, 9.17) is 11.3 Å². The van der Waals surface area contributed by atoms with Crippen molar-refractivity contribution in [3.63, 3.8) is 0 Å². The third-order valence-electron chi connectivity index (χ3n) is 6.68. The molecule has 1 aliphatic rings. The second-order valence-corrected chi connectivity index (χ2v) is 9.37. The van der Waals surface area contributed by atoms with Gasteiger partial charge in [0.15, 0.2) is 5.69 Å². The molecule has 4 rings (SSSR count). The lowest BCUT2D eigenvalue weighted by Crippen LogP contribution is -2.43. The Morgan fingerprint density at radius 2 is 1.81 bits per heavy atom. The van der Waals surface area contributed by atoms with E-state index in [-0.39, 0.29) is 11.2 Å². The maximum absolute atomic E-state index is 12.6. The summed E-state index contributed by atoms with van der Waals surface area (Å²) in [5.74, 6) is -0.193. The van der Waals surface area contributed by atoms with E-state index in [0.29, 0.717) is 25.3 Å². The van der Waals surface area contributed by atoms with Gasteiger partial charge in [0, 0.05) is 31.8 Å².